The summed E-state index contributed by atoms with van der Waals surface area (Å²) in [5.74, 6) is 0.297. The minimum absolute atomic E-state index is 0.297. The molecule has 1 saturated heterocycles. The summed E-state index contributed by atoms with van der Waals surface area (Å²) in [5, 5.41) is 2.80. The van der Waals surface area contributed by atoms with E-state index in [4.69, 9.17) is 4.74 Å². The Morgan fingerprint density at radius 2 is 1.92 bits per heavy atom. The number of para-hydroxylation sites is 1. The van der Waals surface area contributed by atoms with Gasteiger partial charge in [0, 0.05) is 30.4 Å². The smallest absolute Gasteiger partial charge is 0.419 e. The molecular weight excluding hydrogens is 506 g/mol. The third-order valence-corrected chi connectivity index (χ3v) is 9.20. The number of carbonyl (C=O) groups excluding carboxylic acids is 1. The molecule has 1 aliphatic rings. The molecule has 0 aliphatic carbocycles. The molecule has 1 fully saturated rings. The van der Waals surface area contributed by atoms with Gasteiger partial charge in [0.05, 0.1) is 5.52 Å². The molecule has 194 valence electrons. The number of thiophene rings is 1. The van der Waals surface area contributed by atoms with Gasteiger partial charge in [-0.1, -0.05) is 36.4 Å². The van der Waals surface area contributed by atoms with Gasteiger partial charge in [-0.25, -0.2) is 13.2 Å². The summed E-state index contributed by atoms with van der Waals surface area (Å²) in [6.07, 6.45) is 2.49. The van der Waals surface area contributed by atoms with Crippen LogP contribution >= 0.6 is 11.3 Å². The van der Waals surface area contributed by atoms with Crippen molar-refractivity contribution in [3.63, 3.8) is 0 Å². The predicted octanol–water partition coefficient (Wildman–Crippen LogP) is 6.28. The summed E-state index contributed by atoms with van der Waals surface area (Å²) in [7, 11) is -3.58. The maximum Gasteiger partial charge on any atom is 0.419 e. The minimum atomic E-state index is -3.58. The Bertz CT molecular complexity index is 1520. The zero-order chi connectivity index (χ0) is 26.2. The molecule has 7 nitrogen and oxygen atoms in total. The molecule has 37 heavy (non-hydrogen) atoms. The lowest BCUT2D eigenvalue weighted by Gasteiger charge is -2.19. The highest BCUT2D eigenvalue weighted by molar-refractivity contribution is 7.94. The number of nitrogens with zero attached hydrogens (tertiary/aromatic N) is 2. The monoisotopic (exact) mass is 537 g/mol. The predicted molar refractivity (Wildman–Crippen MR) is 148 cm³/mol. The van der Waals surface area contributed by atoms with E-state index in [1.54, 1.807) is 28.1 Å². The summed E-state index contributed by atoms with van der Waals surface area (Å²) in [4.78, 5) is 15.2. The van der Waals surface area contributed by atoms with Gasteiger partial charge in [-0.2, -0.15) is 0 Å². The largest absolute Gasteiger partial charge is 0.443 e. The third-order valence-electron chi connectivity index (χ3n) is 6.42. The first-order chi connectivity index (χ1) is 17.6. The molecule has 5 rings (SSSR count). The van der Waals surface area contributed by atoms with Gasteiger partial charge in [0.1, 0.15) is 9.81 Å². The number of ether oxygens (including phenoxy) is 1. The van der Waals surface area contributed by atoms with Crippen molar-refractivity contribution in [3.05, 3.63) is 83.4 Å². The SMILES string of the molecule is CC(C)(C)OC(=O)n1cc(CN2CCC(c3cccc(NS(=O)(=O)c4cccs4)c3)C2)c2ccccc21. The van der Waals surface area contributed by atoms with Gasteiger partial charge in [0.15, 0.2) is 0 Å². The first-order valence-electron chi connectivity index (χ1n) is 12.3. The first-order valence-corrected chi connectivity index (χ1v) is 14.7. The number of carbonyl (C=O) groups is 1. The highest BCUT2D eigenvalue weighted by Gasteiger charge is 2.27. The van der Waals surface area contributed by atoms with Crippen molar-refractivity contribution in [2.24, 2.45) is 0 Å². The second-order valence-corrected chi connectivity index (χ2v) is 13.3. The zero-order valence-electron chi connectivity index (χ0n) is 21.2. The number of aromatic nitrogens is 1. The molecule has 2 aromatic carbocycles. The Balaban J connectivity index is 1.30. The topological polar surface area (TPSA) is 80.6 Å². The third kappa shape index (κ3) is 5.74. The van der Waals surface area contributed by atoms with Crippen LogP contribution in [0.1, 0.15) is 44.2 Å². The van der Waals surface area contributed by atoms with E-state index in [0.29, 0.717) is 15.8 Å². The summed E-state index contributed by atoms with van der Waals surface area (Å²) in [6, 6.07) is 18.9. The van der Waals surface area contributed by atoms with Crippen LogP contribution in [0.3, 0.4) is 0 Å². The summed E-state index contributed by atoms with van der Waals surface area (Å²) in [6.45, 7) is 8.09. The fraction of sp³-hybridized carbons (Fsp3) is 0.321. The molecule has 0 bridgehead atoms. The summed E-state index contributed by atoms with van der Waals surface area (Å²) >= 11 is 1.20. The zero-order valence-corrected chi connectivity index (χ0v) is 22.8. The molecular formula is C28H31N3O4S2. The average Bonchev–Trinajstić information content (AvgIpc) is 3.59. The standard InChI is InChI=1S/C28H31N3O4S2/c1-28(2,3)35-27(32)31-19-22(24-10-4-5-11-25(24)31)18-30-14-13-21(17-30)20-8-6-9-23(16-20)29-37(33,34)26-12-7-15-36-26/h4-12,15-16,19,21,29H,13-14,17-18H2,1-3H3. The van der Waals surface area contributed by atoms with Gasteiger partial charge >= 0.3 is 6.09 Å². The van der Waals surface area contributed by atoms with Gasteiger partial charge in [-0.05, 0) is 80.4 Å². The van der Waals surface area contributed by atoms with Crippen LogP contribution in [0.25, 0.3) is 10.9 Å². The van der Waals surface area contributed by atoms with Crippen LogP contribution < -0.4 is 4.72 Å². The van der Waals surface area contributed by atoms with Crippen LogP contribution in [0.5, 0.6) is 0 Å². The average molecular weight is 538 g/mol. The molecule has 1 atom stereocenters. The number of likely N-dealkylation sites (tertiary alicyclic amines) is 1. The number of nitrogens with one attached hydrogen (secondary N) is 1. The van der Waals surface area contributed by atoms with E-state index in [-0.39, 0.29) is 6.09 Å². The van der Waals surface area contributed by atoms with Gasteiger partial charge in [0.2, 0.25) is 0 Å². The fourth-order valence-electron chi connectivity index (χ4n) is 4.81. The Morgan fingerprint density at radius 3 is 2.68 bits per heavy atom. The van der Waals surface area contributed by atoms with E-state index in [2.05, 4.69) is 15.7 Å². The van der Waals surface area contributed by atoms with E-state index >= 15 is 0 Å². The van der Waals surface area contributed by atoms with Crippen LogP contribution in [0, 0.1) is 0 Å². The lowest BCUT2D eigenvalue weighted by Crippen LogP contribution is -2.26. The summed E-state index contributed by atoms with van der Waals surface area (Å²) < 4.78 is 35.5. The number of rotatable bonds is 6. The number of hydrogen-bond acceptors (Lipinski definition) is 6. The molecule has 0 amide bonds. The normalized spacial score (nSPS) is 16.8. The first kappa shape index (κ1) is 25.5. The van der Waals surface area contributed by atoms with Crippen molar-refractivity contribution < 1.29 is 17.9 Å². The Morgan fingerprint density at radius 1 is 1.11 bits per heavy atom. The molecule has 4 aromatic rings. The van der Waals surface area contributed by atoms with Crippen LogP contribution in [0.2, 0.25) is 0 Å². The molecule has 9 heteroatoms. The van der Waals surface area contributed by atoms with Gasteiger partial charge in [-0.15, -0.1) is 11.3 Å². The number of hydrogen-bond donors (Lipinski definition) is 1. The molecule has 1 unspecified atom stereocenters. The van der Waals surface area contributed by atoms with Crippen LogP contribution in [-0.4, -0.2) is 42.7 Å². The van der Waals surface area contributed by atoms with Crippen molar-refractivity contribution in [2.45, 2.75) is 49.5 Å². The molecule has 1 N–H and O–H groups in total. The Kier molecular flexibility index (Phi) is 6.87. The number of anilines is 1. The van der Waals surface area contributed by atoms with E-state index in [1.165, 1.54) is 11.3 Å². The van der Waals surface area contributed by atoms with Gasteiger partial charge < -0.3 is 4.74 Å². The molecule has 0 radical (unpaired) electrons. The molecule has 0 spiro atoms. The Hall–Kier alpha value is -3.14. The van der Waals surface area contributed by atoms with Crippen molar-refractivity contribution in [1.29, 1.82) is 0 Å². The second kappa shape index (κ2) is 9.96. The van der Waals surface area contributed by atoms with Gasteiger partial charge in [-0.3, -0.25) is 14.2 Å². The van der Waals surface area contributed by atoms with Crippen LogP contribution in [-0.2, 0) is 21.3 Å². The maximum absolute atomic E-state index is 12.8. The van der Waals surface area contributed by atoms with Gasteiger partial charge in [0.25, 0.3) is 10.0 Å². The molecule has 2 aromatic heterocycles. The lowest BCUT2D eigenvalue weighted by molar-refractivity contribution is 0.0544. The highest BCUT2D eigenvalue weighted by Crippen LogP contribution is 2.32. The quantitative estimate of drug-likeness (QED) is 0.313. The number of benzene rings is 2. The van der Waals surface area contributed by atoms with Crippen molar-refractivity contribution >= 4 is 44.0 Å². The van der Waals surface area contributed by atoms with Crippen molar-refractivity contribution in [2.75, 3.05) is 17.8 Å². The minimum Gasteiger partial charge on any atom is -0.443 e. The number of sulfonamides is 1. The van der Waals surface area contributed by atoms with Crippen molar-refractivity contribution in [1.82, 2.24) is 9.47 Å². The highest BCUT2D eigenvalue weighted by atomic mass is 32.2. The molecule has 1 aliphatic heterocycles. The second-order valence-electron chi connectivity index (χ2n) is 10.4. The number of fused-ring (bicyclic) bond motifs is 1. The van der Waals surface area contributed by atoms with E-state index in [0.717, 1.165) is 48.1 Å². The lowest BCUT2D eigenvalue weighted by atomic mass is 9.98. The molecule has 0 saturated carbocycles. The summed E-state index contributed by atoms with van der Waals surface area (Å²) in [5.41, 5.74) is 3.04. The maximum atomic E-state index is 12.8. The van der Waals surface area contributed by atoms with E-state index < -0.39 is 15.6 Å². The van der Waals surface area contributed by atoms with Crippen LogP contribution in [0.4, 0.5) is 10.5 Å². The molecule has 3 heterocycles. The van der Waals surface area contributed by atoms with E-state index in [1.807, 2.05) is 63.4 Å². The van der Waals surface area contributed by atoms with Crippen LogP contribution in [0.15, 0.2) is 76.4 Å². The van der Waals surface area contributed by atoms with Crippen molar-refractivity contribution in [3.8, 4) is 0 Å². The fourth-order valence-corrected chi connectivity index (χ4v) is 6.85. The van der Waals surface area contributed by atoms with E-state index in [9.17, 15) is 13.2 Å². The Labute approximate surface area is 221 Å².